The van der Waals surface area contributed by atoms with E-state index in [4.69, 9.17) is 0 Å². The third kappa shape index (κ3) is 1.85. The molecule has 1 aliphatic rings. The average Bonchev–Trinajstić information content (AvgIpc) is 2.88. The van der Waals surface area contributed by atoms with Crippen LogP contribution in [0.25, 0.3) is 0 Å². The average molecular weight is 335 g/mol. The second-order valence-corrected chi connectivity index (χ2v) is 5.55. The van der Waals surface area contributed by atoms with Crippen LogP contribution in [0.3, 0.4) is 0 Å². The first-order chi connectivity index (χ1) is 9.49. The number of carbonyl (C=O) groups is 2. The Morgan fingerprint density at radius 2 is 2.05 bits per heavy atom. The van der Waals surface area contributed by atoms with Gasteiger partial charge in [-0.3, -0.25) is 19.2 Å². The molecule has 0 spiro atoms. The van der Waals surface area contributed by atoms with E-state index in [0.717, 1.165) is 10.0 Å². The molecule has 6 nitrogen and oxygen atoms in total. The summed E-state index contributed by atoms with van der Waals surface area (Å²) < 4.78 is 2.37. The molecule has 0 saturated carbocycles. The van der Waals surface area contributed by atoms with Gasteiger partial charge in [0.1, 0.15) is 12.2 Å². The maximum absolute atomic E-state index is 12.2. The molecule has 1 aliphatic heterocycles. The predicted octanol–water partition coefficient (Wildman–Crippen LogP) is 1.62. The number of hydrogen-bond acceptors (Lipinski definition) is 4. The van der Waals surface area contributed by atoms with Crippen LogP contribution in [0.5, 0.6) is 0 Å². The number of anilines is 1. The Kier molecular flexibility index (Phi) is 2.93. The zero-order chi connectivity index (χ0) is 14.4. The van der Waals surface area contributed by atoms with E-state index < -0.39 is 11.7 Å². The first kappa shape index (κ1) is 13.0. The summed E-state index contributed by atoms with van der Waals surface area (Å²) in [7, 11) is 1.75. The summed E-state index contributed by atoms with van der Waals surface area (Å²) in [6.07, 6.45) is 1.42. The van der Waals surface area contributed by atoms with Gasteiger partial charge in [0.05, 0.1) is 17.8 Å². The minimum atomic E-state index is -0.524. The normalized spacial score (nSPS) is 14.1. The molecule has 0 unspecified atom stereocenters. The zero-order valence-electron chi connectivity index (χ0n) is 10.9. The van der Waals surface area contributed by atoms with Crippen molar-refractivity contribution in [1.29, 1.82) is 0 Å². The van der Waals surface area contributed by atoms with Gasteiger partial charge in [-0.1, -0.05) is 15.9 Å². The lowest BCUT2D eigenvalue weighted by Gasteiger charge is -2.17. The Balaban J connectivity index is 2.09. The van der Waals surface area contributed by atoms with Crippen LogP contribution < -0.4 is 4.90 Å². The zero-order valence-corrected chi connectivity index (χ0v) is 12.5. The van der Waals surface area contributed by atoms with Gasteiger partial charge in [0, 0.05) is 11.5 Å². The van der Waals surface area contributed by atoms with Crippen LogP contribution in [-0.2, 0) is 18.4 Å². The Morgan fingerprint density at radius 3 is 2.70 bits per heavy atom. The Hall–Kier alpha value is -2.02. The van der Waals surface area contributed by atoms with Crippen LogP contribution in [0, 0.1) is 6.92 Å². The van der Waals surface area contributed by atoms with Crippen LogP contribution in [0.15, 0.2) is 22.9 Å². The highest BCUT2D eigenvalue weighted by atomic mass is 79.9. The van der Waals surface area contributed by atoms with E-state index in [-0.39, 0.29) is 6.54 Å². The van der Waals surface area contributed by atoms with Crippen molar-refractivity contribution >= 4 is 33.3 Å². The lowest BCUT2D eigenvalue weighted by atomic mass is 10.1. The minimum absolute atomic E-state index is 0.233. The first-order valence-electron chi connectivity index (χ1n) is 5.98. The third-order valence-corrected chi connectivity index (χ3v) is 3.78. The second kappa shape index (κ2) is 4.52. The highest BCUT2D eigenvalue weighted by Gasteiger charge is 2.37. The summed E-state index contributed by atoms with van der Waals surface area (Å²) in [6.45, 7) is 2.11. The highest BCUT2D eigenvalue weighted by molar-refractivity contribution is 9.10. The number of aromatic nitrogens is 3. The van der Waals surface area contributed by atoms with Crippen molar-refractivity contribution in [1.82, 2.24) is 14.8 Å². The maximum Gasteiger partial charge on any atom is 0.299 e. The lowest BCUT2D eigenvalue weighted by molar-refractivity contribution is -0.114. The number of hydrogen-bond donors (Lipinski definition) is 0. The molecule has 0 N–H and O–H groups in total. The monoisotopic (exact) mass is 334 g/mol. The van der Waals surface area contributed by atoms with Gasteiger partial charge in [-0.15, -0.1) is 0 Å². The highest BCUT2D eigenvalue weighted by Crippen LogP contribution is 2.35. The number of nitrogens with zero attached hydrogens (tertiary/aromatic N) is 4. The van der Waals surface area contributed by atoms with Crippen molar-refractivity contribution in [3.63, 3.8) is 0 Å². The fourth-order valence-electron chi connectivity index (χ4n) is 2.36. The van der Waals surface area contributed by atoms with Gasteiger partial charge in [0.25, 0.3) is 11.7 Å². The summed E-state index contributed by atoms with van der Waals surface area (Å²) in [6, 6.07) is 3.56. The van der Waals surface area contributed by atoms with Gasteiger partial charge in [-0.2, -0.15) is 5.10 Å². The van der Waals surface area contributed by atoms with Crippen molar-refractivity contribution in [2.24, 2.45) is 7.05 Å². The van der Waals surface area contributed by atoms with Crippen molar-refractivity contribution in [2.75, 3.05) is 4.90 Å². The topological polar surface area (TPSA) is 68.1 Å². The van der Waals surface area contributed by atoms with Crippen molar-refractivity contribution < 1.29 is 9.59 Å². The maximum atomic E-state index is 12.2. The van der Waals surface area contributed by atoms with E-state index in [9.17, 15) is 9.59 Å². The SMILES string of the molecule is Cc1cc(Br)cc2c1N(Cc1ncnn1C)C(=O)C2=O. The summed E-state index contributed by atoms with van der Waals surface area (Å²) >= 11 is 3.35. The molecular formula is C13H11BrN4O2. The van der Waals surface area contributed by atoms with Crippen LogP contribution >= 0.6 is 15.9 Å². The first-order valence-corrected chi connectivity index (χ1v) is 6.77. The molecule has 1 aromatic heterocycles. The number of benzene rings is 1. The van der Waals surface area contributed by atoms with Crippen LogP contribution in [0.2, 0.25) is 0 Å². The van der Waals surface area contributed by atoms with Crippen LogP contribution in [0.4, 0.5) is 5.69 Å². The molecule has 20 heavy (non-hydrogen) atoms. The molecule has 1 aromatic carbocycles. The van der Waals surface area contributed by atoms with Gasteiger partial charge >= 0.3 is 0 Å². The van der Waals surface area contributed by atoms with Crippen molar-refractivity contribution in [3.8, 4) is 0 Å². The van der Waals surface area contributed by atoms with Crippen LogP contribution in [0.1, 0.15) is 21.7 Å². The van der Waals surface area contributed by atoms with Gasteiger partial charge in [-0.05, 0) is 24.6 Å². The summed E-state index contributed by atoms with van der Waals surface area (Å²) in [4.78, 5) is 29.8. The number of halogens is 1. The van der Waals surface area contributed by atoms with Crippen LogP contribution in [-0.4, -0.2) is 26.5 Å². The molecule has 3 rings (SSSR count). The molecule has 0 fully saturated rings. The quantitative estimate of drug-likeness (QED) is 0.782. The summed E-state index contributed by atoms with van der Waals surface area (Å²) in [5.74, 6) is -0.378. The molecule has 0 saturated heterocycles. The van der Waals surface area contributed by atoms with E-state index in [1.54, 1.807) is 17.8 Å². The van der Waals surface area contributed by atoms with E-state index in [1.165, 1.54) is 11.2 Å². The Bertz CT molecular complexity index is 738. The molecule has 2 heterocycles. The molecule has 2 aromatic rings. The second-order valence-electron chi connectivity index (χ2n) is 4.64. The Morgan fingerprint density at radius 1 is 1.30 bits per heavy atom. The lowest BCUT2D eigenvalue weighted by Crippen LogP contribution is -2.30. The van der Waals surface area contributed by atoms with Gasteiger partial charge < -0.3 is 0 Å². The van der Waals surface area contributed by atoms with E-state index >= 15 is 0 Å². The minimum Gasteiger partial charge on any atom is -0.297 e. The molecule has 102 valence electrons. The number of amides is 1. The van der Waals surface area contributed by atoms with Gasteiger partial charge in [0.15, 0.2) is 0 Å². The smallest absolute Gasteiger partial charge is 0.297 e. The molecule has 0 aliphatic carbocycles. The summed E-state index contributed by atoms with van der Waals surface area (Å²) in [5, 5.41) is 3.97. The molecular weight excluding hydrogens is 324 g/mol. The molecule has 0 atom stereocenters. The largest absolute Gasteiger partial charge is 0.299 e. The standard InChI is InChI=1S/C13H11BrN4O2/c1-7-3-8(14)4-9-11(7)18(13(20)12(9)19)5-10-15-6-16-17(10)2/h3-4,6H,5H2,1-2H3. The number of ketones is 1. The molecule has 0 radical (unpaired) electrons. The predicted molar refractivity (Wildman–Crippen MR) is 75.4 cm³/mol. The molecule has 0 bridgehead atoms. The third-order valence-electron chi connectivity index (χ3n) is 3.32. The van der Waals surface area contributed by atoms with Crippen molar-refractivity contribution in [2.45, 2.75) is 13.5 Å². The molecule has 1 amide bonds. The number of carbonyl (C=O) groups excluding carboxylic acids is 2. The van der Waals surface area contributed by atoms with Gasteiger partial charge in [-0.25, -0.2) is 4.98 Å². The number of fused-ring (bicyclic) bond motifs is 1. The summed E-state index contributed by atoms with van der Waals surface area (Å²) in [5.41, 5.74) is 1.96. The van der Waals surface area contributed by atoms with E-state index in [2.05, 4.69) is 26.0 Å². The Labute approximate surface area is 123 Å². The van der Waals surface area contributed by atoms with Gasteiger partial charge in [0.2, 0.25) is 0 Å². The number of rotatable bonds is 2. The number of aryl methyl sites for hydroxylation is 2. The van der Waals surface area contributed by atoms with E-state index in [1.807, 2.05) is 13.0 Å². The fourth-order valence-corrected chi connectivity index (χ4v) is 2.93. The van der Waals surface area contributed by atoms with E-state index in [0.29, 0.717) is 17.1 Å². The fraction of sp³-hybridized carbons (Fsp3) is 0.231. The van der Waals surface area contributed by atoms with Crippen molar-refractivity contribution in [3.05, 3.63) is 39.9 Å². The number of Topliss-reactive ketones (excluding diaryl/α,β-unsaturated/α-hetero) is 1. The molecule has 7 heteroatoms.